The molecule has 182 valence electrons. The Bertz CT molecular complexity index is 1090. The zero-order valence-electron chi connectivity index (χ0n) is 18.1. The van der Waals surface area contributed by atoms with Crippen LogP contribution in [0.15, 0.2) is 30.6 Å². The number of carbonyl (C=O) groups excluding carboxylic acids is 2. The Morgan fingerprint density at radius 3 is 2.62 bits per heavy atom. The van der Waals surface area contributed by atoms with E-state index in [2.05, 4.69) is 15.3 Å². The maximum atomic E-state index is 14.7. The van der Waals surface area contributed by atoms with E-state index in [-0.39, 0.29) is 24.8 Å². The van der Waals surface area contributed by atoms with E-state index in [1.807, 2.05) is 6.07 Å². The molecule has 2 aliphatic rings. The maximum Gasteiger partial charge on any atom is 0.417 e. The summed E-state index contributed by atoms with van der Waals surface area (Å²) in [6, 6.07) is 1.77. The number of aromatic nitrogens is 2. The van der Waals surface area contributed by atoms with Crippen LogP contribution in [0.5, 0.6) is 0 Å². The Balaban J connectivity index is 1.52. The van der Waals surface area contributed by atoms with Crippen LogP contribution in [0.4, 0.5) is 38.4 Å². The lowest BCUT2D eigenvalue weighted by Crippen LogP contribution is -2.44. The van der Waals surface area contributed by atoms with Crippen LogP contribution in [0.2, 0.25) is 0 Å². The van der Waals surface area contributed by atoms with E-state index in [0.29, 0.717) is 12.1 Å². The quantitative estimate of drug-likeness (QED) is 0.588. The molecule has 0 unspecified atom stereocenters. The minimum absolute atomic E-state index is 0.0117. The second-order valence-electron chi connectivity index (χ2n) is 8.34. The molecule has 0 aromatic carbocycles. The lowest BCUT2D eigenvalue weighted by atomic mass is 10.1. The fraction of sp³-hybridized carbons (Fsp3) is 0.455. The van der Waals surface area contributed by atoms with E-state index < -0.39 is 54.1 Å². The van der Waals surface area contributed by atoms with Gasteiger partial charge < -0.3 is 10.2 Å². The number of urea groups is 1. The molecule has 2 aromatic heterocycles. The topological polar surface area (TPSA) is 78.4 Å². The van der Waals surface area contributed by atoms with Crippen LogP contribution in [0.1, 0.15) is 43.2 Å². The first-order valence-electron chi connectivity index (χ1n) is 10.8. The smallest absolute Gasteiger partial charge is 0.309 e. The normalized spacial score (nSPS) is 19.5. The Labute approximate surface area is 192 Å². The molecule has 3 amide bonds. The zero-order valence-corrected chi connectivity index (χ0v) is 18.1. The third kappa shape index (κ3) is 4.95. The number of amides is 3. The van der Waals surface area contributed by atoms with E-state index >= 15 is 0 Å². The largest absolute Gasteiger partial charge is 0.417 e. The SMILES string of the molecule is CC[C@H](F)[C@H]1CN(c2ncc(C(F)(F)F)cc2F)C(=O)N1CC(=O)Nc1cc(C2CC2)ccn1. The predicted molar refractivity (Wildman–Crippen MR) is 112 cm³/mol. The number of hydrogen-bond donors (Lipinski definition) is 1. The molecule has 3 heterocycles. The predicted octanol–water partition coefficient (Wildman–Crippen LogP) is 4.51. The number of pyridine rings is 2. The summed E-state index contributed by atoms with van der Waals surface area (Å²) in [5.74, 6) is -1.95. The number of anilines is 2. The van der Waals surface area contributed by atoms with Crippen LogP contribution in [-0.2, 0) is 11.0 Å². The molecule has 2 fully saturated rings. The zero-order chi connectivity index (χ0) is 24.6. The van der Waals surface area contributed by atoms with Gasteiger partial charge in [-0.3, -0.25) is 9.69 Å². The Morgan fingerprint density at radius 1 is 1.26 bits per heavy atom. The van der Waals surface area contributed by atoms with Gasteiger partial charge >= 0.3 is 12.2 Å². The molecule has 2 atom stereocenters. The summed E-state index contributed by atoms with van der Waals surface area (Å²) < 4.78 is 67.6. The summed E-state index contributed by atoms with van der Waals surface area (Å²) in [4.78, 5) is 34.8. The number of halogens is 5. The highest BCUT2D eigenvalue weighted by Crippen LogP contribution is 2.40. The molecule has 1 aliphatic carbocycles. The minimum Gasteiger partial charge on any atom is -0.309 e. The Morgan fingerprint density at radius 2 is 2.00 bits per heavy atom. The number of nitrogens with zero attached hydrogens (tertiary/aromatic N) is 4. The van der Waals surface area contributed by atoms with Crippen LogP contribution < -0.4 is 10.2 Å². The molecular weight excluding hydrogens is 461 g/mol. The van der Waals surface area contributed by atoms with Crippen molar-refractivity contribution in [3.63, 3.8) is 0 Å². The van der Waals surface area contributed by atoms with E-state index in [9.17, 15) is 31.5 Å². The number of carbonyl (C=O) groups is 2. The van der Waals surface area contributed by atoms with Crippen molar-refractivity contribution in [2.75, 3.05) is 23.3 Å². The number of nitrogens with one attached hydrogen (secondary N) is 1. The fourth-order valence-corrected chi connectivity index (χ4v) is 3.91. The highest BCUT2D eigenvalue weighted by atomic mass is 19.4. The van der Waals surface area contributed by atoms with Gasteiger partial charge in [0, 0.05) is 12.4 Å². The fourth-order valence-electron chi connectivity index (χ4n) is 3.91. The van der Waals surface area contributed by atoms with Crippen LogP contribution >= 0.6 is 0 Å². The van der Waals surface area contributed by atoms with Gasteiger partial charge in [-0.25, -0.2) is 23.5 Å². The minimum atomic E-state index is -4.81. The standard InChI is InChI=1S/C22H22F5N5O2/c1-2-15(23)17-10-32(20-16(24)8-14(9-29-20)22(25,26)27)21(34)31(17)11-19(33)30-18-7-13(5-6-28-18)12-3-4-12/h5-9,12,15,17H,2-4,10-11H2,1H3,(H,28,30,33)/t15-,17+/m0/s1. The molecule has 34 heavy (non-hydrogen) atoms. The first-order valence-corrected chi connectivity index (χ1v) is 10.8. The van der Waals surface area contributed by atoms with Gasteiger partial charge in [0.05, 0.1) is 18.2 Å². The molecule has 0 bridgehead atoms. The summed E-state index contributed by atoms with van der Waals surface area (Å²) in [5.41, 5.74) is -0.281. The van der Waals surface area contributed by atoms with Crippen LogP contribution in [-0.4, -0.2) is 52.1 Å². The number of alkyl halides is 4. The van der Waals surface area contributed by atoms with Gasteiger partial charge in [-0.15, -0.1) is 0 Å². The van der Waals surface area contributed by atoms with Gasteiger partial charge in [-0.2, -0.15) is 13.2 Å². The summed E-state index contributed by atoms with van der Waals surface area (Å²) in [6.07, 6.45) is -2.27. The monoisotopic (exact) mass is 483 g/mol. The van der Waals surface area contributed by atoms with E-state index in [1.54, 1.807) is 19.2 Å². The molecule has 1 N–H and O–H groups in total. The molecule has 7 nitrogen and oxygen atoms in total. The average Bonchev–Trinajstić information content (AvgIpc) is 3.59. The molecule has 0 spiro atoms. The maximum absolute atomic E-state index is 14.7. The molecule has 1 saturated carbocycles. The van der Waals surface area contributed by atoms with Crippen molar-refractivity contribution in [3.05, 3.63) is 47.5 Å². The molecule has 1 saturated heterocycles. The number of rotatable bonds is 7. The molecule has 4 rings (SSSR count). The second-order valence-corrected chi connectivity index (χ2v) is 8.34. The first kappa shape index (κ1) is 23.8. The lowest BCUT2D eigenvalue weighted by Gasteiger charge is -2.24. The first-order chi connectivity index (χ1) is 16.1. The van der Waals surface area contributed by atoms with E-state index in [1.165, 1.54) is 0 Å². The van der Waals surface area contributed by atoms with Crippen molar-refractivity contribution in [2.45, 2.75) is 50.5 Å². The van der Waals surface area contributed by atoms with Gasteiger partial charge in [-0.05, 0) is 48.9 Å². The lowest BCUT2D eigenvalue weighted by molar-refractivity contribution is -0.138. The third-order valence-electron chi connectivity index (χ3n) is 5.87. The van der Waals surface area contributed by atoms with Crippen molar-refractivity contribution in [3.8, 4) is 0 Å². The molecule has 12 heteroatoms. The molecule has 0 radical (unpaired) electrons. The Kier molecular flexibility index (Phi) is 6.41. The molecule has 1 aliphatic heterocycles. The number of hydrogen-bond acceptors (Lipinski definition) is 4. The molecule has 2 aromatic rings. The third-order valence-corrected chi connectivity index (χ3v) is 5.87. The van der Waals surface area contributed by atoms with Crippen molar-refractivity contribution in [1.29, 1.82) is 0 Å². The van der Waals surface area contributed by atoms with Gasteiger partial charge in [0.15, 0.2) is 11.6 Å². The summed E-state index contributed by atoms with van der Waals surface area (Å²) >= 11 is 0. The highest BCUT2D eigenvalue weighted by Gasteiger charge is 2.44. The van der Waals surface area contributed by atoms with Crippen molar-refractivity contribution < 1.29 is 31.5 Å². The van der Waals surface area contributed by atoms with Crippen molar-refractivity contribution in [2.24, 2.45) is 0 Å². The Hall–Kier alpha value is -3.31. The van der Waals surface area contributed by atoms with E-state index in [4.69, 9.17) is 0 Å². The van der Waals surface area contributed by atoms with Crippen LogP contribution in [0, 0.1) is 5.82 Å². The molecular formula is C22H22F5N5O2. The van der Waals surface area contributed by atoms with Crippen molar-refractivity contribution >= 4 is 23.6 Å². The van der Waals surface area contributed by atoms with Crippen LogP contribution in [0.25, 0.3) is 0 Å². The van der Waals surface area contributed by atoms with E-state index in [0.717, 1.165) is 28.2 Å². The van der Waals surface area contributed by atoms with Gasteiger partial charge in [0.25, 0.3) is 0 Å². The van der Waals surface area contributed by atoms with Gasteiger partial charge in [0.2, 0.25) is 5.91 Å². The van der Waals surface area contributed by atoms with Crippen LogP contribution in [0.3, 0.4) is 0 Å². The average molecular weight is 483 g/mol. The summed E-state index contributed by atoms with van der Waals surface area (Å²) in [7, 11) is 0. The van der Waals surface area contributed by atoms with Gasteiger partial charge in [0.1, 0.15) is 18.5 Å². The van der Waals surface area contributed by atoms with Crippen molar-refractivity contribution in [1.82, 2.24) is 14.9 Å². The summed E-state index contributed by atoms with van der Waals surface area (Å²) in [5, 5.41) is 2.58. The highest BCUT2D eigenvalue weighted by molar-refractivity contribution is 5.99. The second kappa shape index (κ2) is 9.15. The summed E-state index contributed by atoms with van der Waals surface area (Å²) in [6.45, 7) is 0.629. The van der Waals surface area contributed by atoms with Gasteiger partial charge in [-0.1, -0.05) is 6.92 Å².